The van der Waals surface area contributed by atoms with Gasteiger partial charge in [-0.15, -0.1) is 0 Å². The molecule has 23 heavy (non-hydrogen) atoms. The van der Waals surface area contributed by atoms with Gasteiger partial charge in [-0.3, -0.25) is 4.90 Å². The van der Waals surface area contributed by atoms with Crippen LogP contribution in [0.15, 0.2) is 22.6 Å². The number of ether oxygens (including phenoxy) is 1. The third-order valence-electron chi connectivity index (χ3n) is 4.30. The monoisotopic (exact) mass is 319 g/mol. The average molecular weight is 319 g/mol. The molecule has 0 spiro atoms. The second kappa shape index (κ2) is 6.68. The van der Waals surface area contributed by atoms with Gasteiger partial charge in [0.25, 0.3) is 0 Å². The van der Waals surface area contributed by atoms with E-state index in [1.165, 1.54) is 13.2 Å². The maximum atomic E-state index is 14.2. The van der Waals surface area contributed by atoms with Gasteiger partial charge in [0.2, 0.25) is 5.89 Å². The summed E-state index contributed by atoms with van der Waals surface area (Å²) in [6.07, 6.45) is 1.99. The minimum absolute atomic E-state index is 0.300. The van der Waals surface area contributed by atoms with Gasteiger partial charge in [-0.1, -0.05) is 0 Å². The fraction of sp³-hybridized carbons (Fsp3) is 0.471. The summed E-state index contributed by atoms with van der Waals surface area (Å²) < 4.78 is 24.9. The molecule has 124 valence electrons. The molecule has 2 heterocycles. The average Bonchev–Trinajstić information content (AvgIpc) is 2.90. The van der Waals surface area contributed by atoms with Crippen LogP contribution in [0.5, 0.6) is 5.75 Å². The normalized spacial score (nSPS) is 16.7. The molecule has 1 aromatic carbocycles. The lowest BCUT2D eigenvalue weighted by Gasteiger charge is -2.29. The highest BCUT2D eigenvalue weighted by Crippen LogP contribution is 2.28. The number of aryl methyl sites for hydroxylation is 1. The molecule has 0 aliphatic carbocycles. The number of hydrogen-bond donors (Lipinski definition) is 1. The minimum atomic E-state index is -0.402. The van der Waals surface area contributed by atoms with Crippen LogP contribution in [0, 0.1) is 12.7 Å². The van der Waals surface area contributed by atoms with Gasteiger partial charge >= 0.3 is 0 Å². The lowest BCUT2D eigenvalue weighted by atomic mass is 10.1. The fourth-order valence-electron chi connectivity index (χ4n) is 2.81. The number of benzene rings is 1. The number of aromatic nitrogens is 1. The van der Waals surface area contributed by atoms with Gasteiger partial charge in [0.15, 0.2) is 0 Å². The van der Waals surface area contributed by atoms with Crippen molar-refractivity contribution >= 4 is 0 Å². The maximum Gasteiger partial charge on any atom is 0.229 e. The van der Waals surface area contributed by atoms with Crippen LogP contribution in [-0.4, -0.2) is 36.1 Å². The molecule has 0 atom stereocenters. The summed E-state index contributed by atoms with van der Waals surface area (Å²) in [6.45, 7) is 4.49. The topological polar surface area (TPSA) is 64.5 Å². The molecule has 0 unspecified atom stereocenters. The number of nitrogens with two attached hydrogens (primary N) is 1. The van der Waals surface area contributed by atoms with Crippen molar-refractivity contribution in [3.8, 4) is 17.2 Å². The molecule has 6 heteroatoms. The zero-order chi connectivity index (χ0) is 16.4. The van der Waals surface area contributed by atoms with Crippen molar-refractivity contribution in [1.29, 1.82) is 0 Å². The molecule has 1 aliphatic rings. The number of hydrogen-bond acceptors (Lipinski definition) is 5. The highest BCUT2D eigenvalue weighted by molar-refractivity contribution is 5.56. The summed E-state index contributed by atoms with van der Waals surface area (Å²) in [7, 11) is 1.51. The van der Waals surface area contributed by atoms with Crippen LogP contribution >= 0.6 is 0 Å². The fourth-order valence-corrected chi connectivity index (χ4v) is 2.81. The van der Waals surface area contributed by atoms with Crippen LogP contribution in [0.2, 0.25) is 0 Å². The summed E-state index contributed by atoms with van der Waals surface area (Å²) in [5.41, 5.74) is 7.13. The molecule has 2 aromatic rings. The predicted octanol–water partition coefficient (Wildman–Crippen LogP) is 2.72. The Labute approximate surface area is 135 Å². The Morgan fingerprint density at radius 3 is 2.78 bits per heavy atom. The number of piperidine rings is 1. The van der Waals surface area contributed by atoms with E-state index in [2.05, 4.69) is 9.88 Å². The molecule has 5 nitrogen and oxygen atoms in total. The van der Waals surface area contributed by atoms with Crippen molar-refractivity contribution in [2.45, 2.75) is 32.4 Å². The van der Waals surface area contributed by atoms with E-state index < -0.39 is 5.82 Å². The zero-order valence-corrected chi connectivity index (χ0v) is 13.5. The number of likely N-dealkylation sites (tertiary alicyclic amines) is 1. The van der Waals surface area contributed by atoms with Gasteiger partial charge in [0.1, 0.15) is 17.3 Å². The van der Waals surface area contributed by atoms with Gasteiger partial charge < -0.3 is 14.9 Å². The first kappa shape index (κ1) is 16.0. The number of nitrogens with zero attached hydrogens (tertiary/aromatic N) is 2. The quantitative estimate of drug-likeness (QED) is 0.939. The van der Waals surface area contributed by atoms with E-state index in [0.29, 0.717) is 29.8 Å². The lowest BCUT2D eigenvalue weighted by Crippen LogP contribution is -2.39. The first-order valence-electron chi connectivity index (χ1n) is 7.85. The lowest BCUT2D eigenvalue weighted by molar-refractivity contribution is 0.203. The Kier molecular flexibility index (Phi) is 4.63. The third kappa shape index (κ3) is 3.54. The Bertz CT molecular complexity index is 678. The molecule has 1 aromatic heterocycles. The van der Waals surface area contributed by atoms with E-state index >= 15 is 0 Å². The molecule has 1 saturated heterocycles. The SMILES string of the molecule is COc1ccc(-c2nc(CN3CCC(N)CC3)c(C)o2)c(F)c1. The van der Waals surface area contributed by atoms with Gasteiger partial charge in [-0.2, -0.15) is 0 Å². The van der Waals surface area contributed by atoms with Crippen LogP contribution in [0.1, 0.15) is 24.3 Å². The summed E-state index contributed by atoms with van der Waals surface area (Å²) in [5, 5.41) is 0. The van der Waals surface area contributed by atoms with E-state index in [9.17, 15) is 4.39 Å². The second-order valence-corrected chi connectivity index (χ2v) is 5.98. The smallest absolute Gasteiger partial charge is 0.229 e. The van der Waals surface area contributed by atoms with E-state index in [1.807, 2.05) is 6.92 Å². The van der Waals surface area contributed by atoms with E-state index in [1.54, 1.807) is 12.1 Å². The Hall–Kier alpha value is -1.92. The van der Waals surface area contributed by atoms with Crippen molar-refractivity contribution in [2.24, 2.45) is 5.73 Å². The van der Waals surface area contributed by atoms with Gasteiger partial charge in [0, 0.05) is 31.7 Å². The molecule has 0 saturated carbocycles. The molecular formula is C17H22FN3O2. The van der Waals surface area contributed by atoms with Crippen LogP contribution in [-0.2, 0) is 6.54 Å². The van der Waals surface area contributed by atoms with Gasteiger partial charge in [-0.25, -0.2) is 9.37 Å². The van der Waals surface area contributed by atoms with Crippen LogP contribution in [0.4, 0.5) is 4.39 Å². The molecule has 0 radical (unpaired) electrons. The van der Waals surface area contributed by atoms with Crippen molar-refractivity contribution in [3.63, 3.8) is 0 Å². The van der Waals surface area contributed by atoms with Crippen molar-refractivity contribution in [1.82, 2.24) is 9.88 Å². The van der Waals surface area contributed by atoms with Gasteiger partial charge in [-0.05, 0) is 31.9 Å². The van der Waals surface area contributed by atoms with Crippen LogP contribution in [0.25, 0.3) is 11.5 Å². The van der Waals surface area contributed by atoms with Crippen LogP contribution in [0.3, 0.4) is 0 Å². The Morgan fingerprint density at radius 1 is 1.39 bits per heavy atom. The molecular weight excluding hydrogens is 297 g/mol. The maximum absolute atomic E-state index is 14.2. The summed E-state index contributed by atoms with van der Waals surface area (Å²) in [5.74, 6) is 1.11. The molecule has 0 amide bonds. The van der Waals surface area contributed by atoms with E-state index in [4.69, 9.17) is 14.9 Å². The van der Waals surface area contributed by atoms with Crippen LogP contribution < -0.4 is 10.5 Å². The van der Waals surface area contributed by atoms with Gasteiger partial charge in [0.05, 0.1) is 18.4 Å². The number of halogens is 1. The van der Waals surface area contributed by atoms with E-state index in [0.717, 1.165) is 37.4 Å². The van der Waals surface area contributed by atoms with Crippen molar-refractivity contribution in [3.05, 3.63) is 35.5 Å². The molecule has 2 N–H and O–H groups in total. The number of oxazole rings is 1. The highest BCUT2D eigenvalue weighted by atomic mass is 19.1. The number of rotatable bonds is 4. The van der Waals surface area contributed by atoms with E-state index in [-0.39, 0.29) is 0 Å². The standard InChI is InChI=1S/C17H22FN3O2/c1-11-16(10-21-7-5-12(19)6-8-21)20-17(23-11)14-4-3-13(22-2)9-15(14)18/h3-4,9,12H,5-8,10,19H2,1-2H3. The van der Waals surface area contributed by atoms with Crippen molar-refractivity contribution in [2.75, 3.05) is 20.2 Å². The van der Waals surface area contributed by atoms with Crippen molar-refractivity contribution < 1.29 is 13.5 Å². The zero-order valence-electron chi connectivity index (χ0n) is 13.5. The largest absolute Gasteiger partial charge is 0.497 e. The molecule has 1 aliphatic heterocycles. The summed E-state index contributed by atoms with van der Waals surface area (Å²) in [6, 6.07) is 4.96. The Morgan fingerprint density at radius 2 is 2.13 bits per heavy atom. The summed E-state index contributed by atoms with van der Waals surface area (Å²) >= 11 is 0. The molecule has 1 fully saturated rings. The molecule has 3 rings (SSSR count). The second-order valence-electron chi connectivity index (χ2n) is 5.98. The molecule has 0 bridgehead atoms. The Balaban J connectivity index is 1.78. The minimum Gasteiger partial charge on any atom is -0.497 e. The first-order chi connectivity index (χ1) is 11.1. The summed E-state index contributed by atoms with van der Waals surface area (Å²) in [4.78, 5) is 6.80. The predicted molar refractivity (Wildman–Crippen MR) is 85.7 cm³/mol. The number of methoxy groups -OCH3 is 1. The third-order valence-corrected chi connectivity index (χ3v) is 4.30. The highest BCUT2D eigenvalue weighted by Gasteiger charge is 2.20. The first-order valence-corrected chi connectivity index (χ1v) is 7.85.